The van der Waals surface area contributed by atoms with Gasteiger partial charge >= 0.3 is 0 Å². The lowest BCUT2D eigenvalue weighted by Gasteiger charge is -2.31. The van der Waals surface area contributed by atoms with Crippen molar-refractivity contribution in [2.75, 3.05) is 13.1 Å². The molecule has 1 saturated heterocycles. The molecule has 23 heavy (non-hydrogen) atoms. The highest BCUT2D eigenvalue weighted by molar-refractivity contribution is 5.92. The molecule has 0 aliphatic carbocycles. The van der Waals surface area contributed by atoms with Crippen molar-refractivity contribution >= 4 is 5.91 Å². The number of aliphatic hydroxyl groups is 1. The predicted molar refractivity (Wildman–Crippen MR) is 81.8 cm³/mol. The van der Waals surface area contributed by atoms with E-state index in [0.29, 0.717) is 30.4 Å². The van der Waals surface area contributed by atoms with E-state index >= 15 is 0 Å². The highest BCUT2D eigenvalue weighted by Crippen LogP contribution is 2.29. The number of aromatic nitrogens is 3. The molecule has 1 N–H and O–H groups in total. The molecule has 7 heteroatoms. The van der Waals surface area contributed by atoms with Crippen LogP contribution < -0.4 is 0 Å². The van der Waals surface area contributed by atoms with Crippen molar-refractivity contribution in [3.8, 4) is 0 Å². The number of rotatable bonds is 3. The van der Waals surface area contributed by atoms with Crippen LogP contribution in [0.5, 0.6) is 0 Å². The summed E-state index contributed by atoms with van der Waals surface area (Å²) >= 11 is 0. The van der Waals surface area contributed by atoms with Crippen LogP contribution in [-0.4, -0.2) is 44.1 Å². The van der Waals surface area contributed by atoms with E-state index in [2.05, 4.69) is 15.1 Å². The lowest BCUT2D eigenvalue weighted by Crippen LogP contribution is -2.38. The topological polar surface area (TPSA) is 92.4 Å². The number of hydrogen-bond donors (Lipinski definition) is 1. The Morgan fingerprint density at radius 3 is 2.74 bits per heavy atom. The first kappa shape index (κ1) is 15.6. The first-order valence-corrected chi connectivity index (χ1v) is 7.74. The van der Waals surface area contributed by atoms with Gasteiger partial charge in [-0.05, 0) is 26.7 Å². The quantitative estimate of drug-likeness (QED) is 0.924. The van der Waals surface area contributed by atoms with Crippen LogP contribution in [0.3, 0.4) is 0 Å². The van der Waals surface area contributed by atoms with Crippen molar-refractivity contribution in [3.63, 3.8) is 0 Å². The highest BCUT2D eigenvalue weighted by Gasteiger charge is 2.28. The van der Waals surface area contributed by atoms with Crippen LogP contribution in [0.15, 0.2) is 16.8 Å². The van der Waals surface area contributed by atoms with Gasteiger partial charge in [0.1, 0.15) is 11.6 Å². The van der Waals surface area contributed by atoms with Gasteiger partial charge in [0, 0.05) is 36.8 Å². The minimum atomic E-state index is -0.0958. The maximum Gasteiger partial charge on any atom is 0.276 e. The van der Waals surface area contributed by atoms with Crippen molar-refractivity contribution in [3.05, 3.63) is 40.8 Å². The number of amides is 1. The van der Waals surface area contributed by atoms with Gasteiger partial charge < -0.3 is 14.5 Å². The van der Waals surface area contributed by atoms with E-state index in [1.54, 1.807) is 24.1 Å². The second-order valence-electron chi connectivity index (χ2n) is 5.88. The van der Waals surface area contributed by atoms with E-state index in [1.165, 1.54) is 0 Å². The fraction of sp³-hybridized carbons (Fsp3) is 0.500. The minimum absolute atomic E-state index is 0.0625. The van der Waals surface area contributed by atoms with Crippen LogP contribution >= 0.6 is 0 Å². The lowest BCUT2D eigenvalue weighted by molar-refractivity contribution is 0.0701. The zero-order valence-corrected chi connectivity index (χ0v) is 13.3. The molecule has 0 aromatic carbocycles. The predicted octanol–water partition coefficient (Wildman–Crippen LogP) is 1.59. The summed E-state index contributed by atoms with van der Waals surface area (Å²) in [5.41, 5.74) is 2.03. The van der Waals surface area contributed by atoms with Crippen LogP contribution in [0, 0.1) is 13.8 Å². The van der Waals surface area contributed by atoms with Crippen molar-refractivity contribution in [1.82, 2.24) is 20.0 Å². The van der Waals surface area contributed by atoms with Crippen molar-refractivity contribution < 1.29 is 14.4 Å². The molecule has 2 aromatic rings. The molecule has 2 aromatic heterocycles. The number of piperidine rings is 1. The monoisotopic (exact) mass is 316 g/mol. The van der Waals surface area contributed by atoms with Crippen LogP contribution in [0.4, 0.5) is 0 Å². The summed E-state index contributed by atoms with van der Waals surface area (Å²) in [5.74, 6) is 1.48. The van der Waals surface area contributed by atoms with Gasteiger partial charge in [-0.2, -0.15) is 0 Å². The van der Waals surface area contributed by atoms with E-state index in [-0.39, 0.29) is 18.4 Å². The van der Waals surface area contributed by atoms with Gasteiger partial charge in [-0.15, -0.1) is 0 Å². The third kappa shape index (κ3) is 3.24. The van der Waals surface area contributed by atoms with E-state index < -0.39 is 0 Å². The summed E-state index contributed by atoms with van der Waals surface area (Å²) < 4.78 is 4.97. The van der Waals surface area contributed by atoms with Gasteiger partial charge in [0.2, 0.25) is 0 Å². The normalized spacial score (nSPS) is 15.9. The average molecular weight is 316 g/mol. The third-order valence-corrected chi connectivity index (χ3v) is 4.20. The molecule has 7 nitrogen and oxygen atoms in total. The van der Waals surface area contributed by atoms with Gasteiger partial charge in [0.15, 0.2) is 5.69 Å². The van der Waals surface area contributed by atoms with Crippen LogP contribution in [0.1, 0.15) is 52.1 Å². The zero-order chi connectivity index (χ0) is 16.4. The van der Waals surface area contributed by atoms with E-state index in [4.69, 9.17) is 4.52 Å². The van der Waals surface area contributed by atoms with E-state index in [1.807, 2.05) is 6.92 Å². The lowest BCUT2D eigenvalue weighted by atomic mass is 9.90. The summed E-state index contributed by atoms with van der Waals surface area (Å²) in [6.07, 6.45) is 3.31. The SMILES string of the molecule is Cc1ncc(CO)c(C2CCN(C(=O)c3cc(C)on3)CC2)n1. The average Bonchev–Trinajstić information content (AvgIpc) is 3.01. The fourth-order valence-corrected chi connectivity index (χ4v) is 2.97. The van der Waals surface area contributed by atoms with Gasteiger partial charge in [-0.3, -0.25) is 4.79 Å². The van der Waals surface area contributed by atoms with E-state index in [0.717, 1.165) is 24.1 Å². The molecule has 0 saturated carbocycles. The highest BCUT2D eigenvalue weighted by atomic mass is 16.5. The number of aliphatic hydroxyl groups excluding tert-OH is 1. The summed E-state index contributed by atoms with van der Waals surface area (Å²) in [5, 5.41) is 13.3. The summed E-state index contributed by atoms with van der Waals surface area (Å²) in [4.78, 5) is 22.8. The minimum Gasteiger partial charge on any atom is -0.392 e. The number of aryl methyl sites for hydroxylation is 2. The molecule has 122 valence electrons. The molecular weight excluding hydrogens is 296 g/mol. The smallest absolute Gasteiger partial charge is 0.276 e. The Kier molecular flexibility index (Phi) is 4.38. The number of nitrogens with zero attached hydrogens (tertiary/aromatic N) is 4. The molecule has 3 heterocycles. The first-order valence-electron chi connectivity index (χ1n) is 7.74. The molecule has 0 radical (unpaired) electrons. The zero-order valence-electron chi connectivity index (χ0n) is 13.3. The Hall–Kier alpha value is -2.28. The molecule has 1 aliphatic heterocycles. The Morgan fingerprint density at radius 2 is 2.13 bits per heavy atom. The number of likely N-dealkylation sites (tertiary alicyclic amines) is 1. The molecular formula is C16H20N4O3. The standard InChI is InChI=1S/C16H20N4O3/c1-10-7-14(19-23-10)16(22)20-5-3-12(4-6-20)15-13(9-21)8-17-11(2)18-15/h7-8,12,21H,3-6,9H2,1-2H3. The Morgan fingerprint density at radius 1 is 1.39 bits per heavy atom. The van der Waals surface area contributed by atoms with Crippen molar-refractivity contribution in [2.45, 2.75) is 39.2 Å². The molecule has 0 spiro atoms. The van der Waals surface area contributed by atoms with Gasteiger partial charge in [0.05, 0.1) is 12.3 Å². The van der Waals surface area contributed by atoms with Gasteiger partial charge in [0.25, 0.3) is 5.91 Å². The second kappa shape index (κ2) is 6.45. The fourth-order valence-electron chi connectivity index (χ4n) is 2.97. The summed E-state index contributed by atoms with van der Waals surface area (Å²) in [7, 11) is 0. The van der Waals surface area contributed by atoms with Crippen LogP contribution in [-0.2, 0) is 6.61 Å². The molecule has 1 aliphatic rings. The summed E-state index contributed by atoms with van der Waals surface area (Å²) in [6, 6.07) is 1.66. The van der Waals surface area contributed by atoms with Crippen molar-refractivity contribution in [1.29, 1.82) is 0 Å². The number of carbonyl (C=O) groups excluding carboxylic acids is 1. The molecule has 0 unspecified atom stereocenters. The maximum absolute atomic E-state index is 12.4. The van der Waals surface area contributed by atoms with Crippen LogP contribution in [0.2, 0.25) is 0 Å². The summed E-state index contributed by atoms with van der Waals surface area (Å²) in [6.45, 7) is 4.83. The Balaban J connectivity index is 1.69. The van der Waals surface area contributed by atoms with Crippen LogP contribution in [0.25, 0.3) is 0 Å². The Bertz CT molecular complexity index is 705. The largest absolute Gasteiger partial charge is 0.392 e. The molecule has 3 rings (SSSR count). The Labute approximate surface area is 134 Å². The van der Waals surface area contributed by atoms with Gasteiger partial charge in [-0.25, -0.2) is 9.97 Å². The molecule has 1 amide bonds. The molecule has 0 atom stereocenters. The van der Waals surface area contributed by atoms with E-state index in [9.17, 15) is 9.90 Å². The van der Waals surface area contributed by atoms with Crippen molar-refractivity contribution in [2.24, 2.45) is 0 Å². The number of carbonyl (C=O) groups is 1. The molecule has 0 bridgehead atoms. The second-order valence-corrected chi connectivity index (χ2v) is 5.88. The third-order valence-electron chi connectivity index (χ3n) is 4.20. The van der Waals surface area contributed by atoms with Gasteiger partial charge in [-0.1, -0.05) is 5.16 Å². The molecule has 1 fully saturated rings. The number of hydrogen-bond acceptors (Lipinski definition) is 6. The maximum atomic E-state index is 12.4. The first-order chi connectivity index (χ1) is 11.1.